The van der Waals surface area contributed by atoms with Gasteiger partial charge in [-0.1, -0.05) is 0 Å². The predicted octanol–water partition coefficient (Wildman–Crippen LogP) is 1.02. The van der Waals surface area contributed by atoms with Crippen molar-refractivity contribution in [2.75, 3.05) is 5.73 Å². The smallest absolute Gasteiger partial charge is 0.211 e. The van der Waals surface area contributed by atoms with E-state index in [1.54, 1.807) is 18.2 Å². The number of hydrogen-bond donors (Lipinski definition) is 2. The molecule has 1 aromatic carbocycles. The second kappa shape index (κ2) is 2.24. The Morgan fingerprint density at radius 1 is 1.50 bits per heavy atom. The molecule has 58 valence electrons. The Morgan fingerprint density at radius 2 is 2.33 bits per heavy atom. The number of fused-ring (bicyclic) bond motifs is 1. The molecule has 0 bridgehead atoms. The van der Waals surface area contributed by atoms with E-state index >= 15 is 0 Å². The van der Waals surface area contributed by atoms with E-state index in [0.29, 0.717) is 11.5 Å². The number of imidazole rings is 1. The van der Waals surface area contributed by atoms with Crippen LogP contribution in [0.25, 0.3) is 11.0 Å². The minimum atomic E-state index is 0.315. The van der Waals surface area contributed by atoms with Crippen LogP contribution in [-0.4, -0.2) is 9.97 Å². The van der Waals surface area contributed by atoms with Gasteiger partial charge in [-0.15, -0.1) is 0 Å². The van der Waals surface area contributed by atoms with Gasteiger partial charge in [-0.3, -0.25) is 0 Å². The molecule has 0 fully saturated rings. The molecule has 0 saturated heterocycles. The van der Waals surface area contributed by atoms with Crippen molar-refractivity contribution < 1.29 is 0 Å². The van der Waals surface area contributed by atoms with Crippen molar-refractivity contribution in [3.05, 3.63) is 24.0 Å². The zero-order valence-electron chi connectivity index (χ0n) is 6.20. The van der Waals surface area contributed by atoms with E-state index in [4.69, 9.17) is 11.0 Å². The van der Waals surface area contributed by atoms with E-state index in [0.717, 1.165) is 11.0 Å². The van der Waals surface area contributed by atoms with Crippen LogP contribution in [0.3, 0.4) is 0 Å². The quantitative estimate of drug-likeness (QED) is 0.562. The van der Waals surface area contributed by atoms with E-state index in [1.807, 2.05) is 6.07 Å². The second-order valence-corrected chi connectivity index (χ2v) is 2.47. The average Bonchev–Trinajstić information content (AvgIpc) is 2.46. The van der Waals surface area contributed by atoms with Gasteiger partial charge in [0, 0.05) is 5.69 Å². The zero-order valence-corrected chi connectivity index (χ0v) is 6.20. The standard InChI is InChI=1S/C8H6N4/c9-4-8-11-6-2-1-5(10)3-7(6)12-8/h1-3H,10H2,(H,11,12). The molecule has 0 radical (unpaired) electrons. The Balaban J connectivity index is 2.77. The van der Waals surface area contributed by atoms with Crippen LogP contribution in [0.2, 0.25) is 0 Å². The van der Waals surface area contributed by atoms with E-state index < -0.39 is 0 Å². The van der Waals surface area contributed by atoms with Crippen LogP contribution in [0.1, 0.15) is 5.82 Å². The number of aromatic amines is 1. The van der Waals surface area contributed by atoms with Crippen LogP contribution in [0, 0.1) is 11.3 Å². The highest BCUT2D eigenvalue weighted by Crippen LogP contribution is 2.14. The highest BCUT2D eigenvalue weighted by Gasteiger charge is 2.00. The summed E-state index contributed by atoms with van der Waals surface area (Å²) in [7, 11) is 0. The van der Waals surface area contributed by atoms with E-state index in [-0.39, 0.29) is 0 Å². The summed E-state index contributed by atoms with van der Waals surface area (Å²) in [5.74, 6) is 0.315. The van der Waals surface area contributed by atoms with Crippen molar-refractivity contribution in [1.82, 2.24) is 9.97 Å². The van der Waals surface area contributed by atoms with Gasteiger partial charge in [-0.25, -0.2) is 4.98 Å². The number of nitrogen functional groups attached to an aromatic ring is 1. The maximum Gasteiger partial charge on any atom is 0.211 e. The van der Waals surface area contributed by atoms with Crippen LogP contribution in [0.4, 0.5) is 5.69 Å². The number of nitriles is 1. The summed E-state index contributed by atoms with van der Waals surface area (Å²) in [5, 5.41) is 8.53. The number of rotatable bonds is 0. The lowest BCUT2D eigenvalue weighted by Crippen LogP contribution is -1.82. The van der Waals surface area contributed by atoms with Gasteiger partial charge in [0.2, 0.25) is 5.82 Å². The third-order valence-electron chi connectivity index (χ3n) is 1.61. The number of nitrogens with zero attached hydrogens (tertiary/aromatic N) is 2. The van der Waals surface area contributed by atoms with Crippen LogP contribution >= 0.6 is 0 Å². The van der Waals surface area contributed by atoms with Crippen LogP contribution in [0.15, 0.2) is 18.2 Å². The Kier molecular flexibility index (Phi) is 1.25. The average molecular weight is 158 g/mol. The molecule has 2 rings (SSSR count). The summed E-state index contributed by atoms with van der Waals surface area (Å²) in [5.41, 5.74) is 7.77. The number of H-pyrrole nitrogens is 1. The maximum atomic E-state index is 8.53. The third-order valence-corrected chi connectivity index (χ3v) is 1.61. The van der Waals surface area contributed by atoms with E-state index in [1.165, 1.54) is 0 Å². The summed E-state index contributed by atoms with van der Waals surface area (Å²) in [6, 6.07) is 7.22. The van der Waals surface area contributed by atoms with Crippen molar-refractivity contribution in [3.8, 4) is 6.07 Å². The SMILES string of the molecule is N#Cc1nc2ccc(N)cc2[nH]1. The molecule has 0 unspecified atom stereocenters. The van der Waals surface area contributed by atoms with Crippen molar-refractivity contribution >= 4 is 16.7 Å². The Labute approximate surface area is 68.6 Å². The lowest BCUT2D eigenvalue weighted by Gasteiger charge is -1.89. The van der Waals surface area contributed by atoms with Crippen molar-refractivity contribution in [1.29, 1.82) is 5.26 Å². The number of hydrogen-bond acceptors (Lipinski definition) is 3. The van der Waals surface area contributed by atoms with Crippen LogP contribution in [-0.2, 0) is 0 Å². The first-order valence-electron chi connectivity index (χ1n) is 3.45. The van der Waals surface area contributed by atoms with Crippen LogP contribution < -0.4 is 5.73 Å². The molecule has 4 heteroatoms. The normalized spacial score (nSPS) is 9.92. The zero-order chi connectivity index (χ0) is 8.55. The first-order valence-corrected chi connectivity index (χ1v) is 3.45. The monoisotopic (exact) mass is 158 g/mol. The predicted molar refractivity (Wildman–Crippen MR) is 45.2 cm³/mol. The topological polar surface area (TPSA) is 78.5 Å². The molecule has 0 saturated carbocycles. The second-order valence-electron chi connectivity index (χ2n) is 2.47. The summed E-state index contributed by atoms with van der Waals surface area (Å²) >= 11 is 0. The molecular formula is C8H6N4. The Hall–Kier alpha value is -2.02. The molecule has 1 heterocycles. The molecule has 12 heavy (non-hydrogen) atoms. The van der Waals surface area contributed by atoms with Gasteiger partial charge in [0.1, 0.15) is 6.07 Å². The van der Waals surface area contributed by atoms with Gasteiger partial charge in [0.25, 0.3) is 0 Å². The lowest BCUT2D eigenvalue weighted by atomic mass is 10.3. The number of nitrogens with two attached hydrogens (primary N) is 1. The van der Waals surface area contributed by atoms with Gasteiger partial charge in [-0.05, 0) is 18.2 Å². The minimum absolute atomic E-state index is 0.315. The van der Waals surface area contributed by atoms with Gasteiger partial charge >= 0.3 is 0 Å². The molecule has 0 atom stereocenters. The minimum Gasteiger partial charge on any atom is -0.399 e. The molecule has 4 nitrogen and oxygen atoms in total. The van der Waals surface area contributed by atoms with Crippen molar-refractivity contribution in [3.63, 3.8) is 0 Å². The van der Waals surface area contributed by atoms with Gasteiger partial charge in [0.05, 0.1) is 11.0 Å². The number of nitrogens with one attached hydrogen (secondary N) is 1. The van der Waals surface area contributed by atoms with Gasteiger partial charge < -0.3 is 10.7 Å². The molecule has 0 aliphatic rings. The first-order chi connectivity index (χ1) is 5.79. The Bertz CT molecular complexity index is 463. The molecule has 0 aliphatic carbocycles. The van der Waals surface area contributed by atoms with Gasteiger partial charge in [0.15, 0.2) is 0 Å². The molecule has 2 aromatic rings. The maximum absolute atomic E-state index is 8.53. The third kappa shape index (κ3) is 0.883. The summed E-state index contributed by atoms with van der Waals surface area (Å²) < 4.78 is 0. The van der Waals surface area contributed by atoms with E-state index in [2.05, 4.69) is 9.97 Å². The molecule has 1 aromatic heterocycles. The van der Waals surface area contributed by atoms with Gasteiger partial charge in [-0.2, -0.15) is 5.26 Å². The Morgan fingerprint density at radius 3 is 3.08 bits per heavy atom. The van der Waals surface area contributed by atoms with Crippen LogP contribution in [0.5, 0.6) is 0 Å². The molecule has 0 aliphatic heterocycles. The highest BCUT2D eigenvalue weighted by atomic mass is 14.9. The highest BCUT2D eigenvalue weighted by molar-refractivity contribution is 5.79. The molecule has 3 N–H and O–H groups in total. The van der Waals surface area contributed by atoms with E-state index in [9.17, 15) is 0 Å². The number of aromatic nitrogens is 2. The summed E-state index contributed by atoms with van der Waals surface area (Å²) in [6.45, 7) is 0. The van der Waals surface area contributed by atoms with Crippen molar-refractivity contribution in [2.45, 2.75) is 0 Å². The number of anilines is 1. The lowest BCUT2D eigenvalue weighted by molar-refractivity contribution is 1.25. The first kappa shape index (κ1) is 6.68. The summed E-state index contributed by atoms with van der Waals surface area (Å²) in [4.78, 5) is 6.83. The van der Waals surface area contributed by atoms with Crippen molar-refractivity contribution in [2.24, 2.45) is 0 Å². The fourth-order valence-corrected chi connectivity index (χ4v) is 1.08. The fraction of sp³-hybridized carbons (Fsp3) is 0. The molecule has 0 spiro atoms. The number of benzene rings is 1. The molecular weight excluding hydrogens is 152 g/mol. The largest absolute Gasteiger partial charge is 0.399 e. The summed E-state index contributed by atoms with van der Waals surface area (Å²) in [6.07, 6.45) is 0. The molecule has 0 amide bonds. The fourth-order valence-electron chi connectivity index (χ4n) is 1.08.